The Balaban J connectivity index is 1.95. The van der Waals surface area contributed by atoms with E-state index in [1.165, 1.54) is 12.0 Å². The minimum Gasteiger partial charge on any atom is -0.310 e. The molecule has 3 heteroatoms. The summed E-state index contributed by atoms with van der Waals surface area (Å²) in [6.45, 7) is 3.14. The smallest absolute Gasteiger partial charge is 0.0462 e. The third-order valence-corrected chi connectivity index (χ3v) is 3.52. The van der Waals surface area contributed by atoms with Crippen LogP contribution in [-0.2, 0) is 6.54 Å². The van der Waals surface area contributed by atoms with Crippen molar-refractivity contribution in [1.82, 2.24) is 5.32 Å². The van der Waals surface area contributed by atoms with Crippen LogP contribution in [0.4, 0.5) is 0 Å². The van der Waals surface area contributed by atoms with Gasteiger partial charge in [-0.1, -0.05) is 40.5 Å². The minimum atomic E-state index is 0.703. The maximum atomic E-state index is 6.10. The molecule has 2 unspecified atom stereocenters. The zero-order valence-electron chi connectivity index (χ0n) is 8.06. The lowest BCUT2D eigenvalue weighted by molar-refractivity contribution is 0.652. The molecule has 2 atom stereocenters. The highest BCUT2D eigenvalue weighted by molar-refractivity contribution is 9.10. The van der Waals surface area contributed by atoms with Crippen molar-refractivity contribution in [2.75, 3.05) is 0 Å². The van der Waals surface area contributed by atoms with Gasteiger partial charge in [0.25, 0.3) is 0 Å². The molecule has 0 aliphatic heterocycles. The molecule has 1 nitrogen and oxygen atoms in total. The van der Waals surface area contributed by atoms with Crippen molar-refractivity contribution in [2.24, 2.45) is 5.92 Å². The van der Waals surface area contributed by atoms with Gasteiger partial charge < -0.3 is 5.32 Å². The summed E-state index contributed by atoms with van der Waals surface area (Å²) in [5.41, 5.74) is 1.17. The van der Waals surface area contributed by atoms with E-state index in [-0.39, 0.29) is 0 Å². The van der Waals surface area contributed by atoms with E-state index >= 15 is 0 Å². The van der Waals surface area contributed by atoms with Crippen LogP contribution < -0.4 is 5.32 Å². The van der Waals surface area contributed by atoms with Crippen molar-refractivity contribution in [1.29, 1.82) is 0 Å². The monoisotopic (exact) mass is 273 g/mol. The van der Waals surface area contributed by atoms with Gasteiger partial charge in [0.05, 0.1) is 0 Å². The molecule has 0 spiro atoms. The van der Waals surface area contributed by atoms with E-state index in [0.717, 1.165) is 22.0 Å². The lowest BCUT2D eigenvalue weighted by atomic mass is 10.2. The second-order valence-electron chi connectivity index (χ2n) is 3.94. The molecule has 1 aromatic carbocycles. The summed E-state index contributed by atoms with van der Waals surface area (Å²) in [4.78, 5) is 0. The summed E-state index contributed by atoms with van der Waals surface area (Å²) in [6.07, 6.45) is 1.30. The Kier molecular flexibility index (Phi) is 3.15. The maximum absolute atomic E-state index is 6.10. The molecule has 1 aromatic rings. The second kappa shape index (κ2) is 4.21. The number of benzene rings is 1. The Morgan fingerprint density at radius 1 is 1.57 bits per heavy atom. The number of hydrogen-bond acceptors (Lipinski definition) is 1. The van der Waals surface area contributed by atoms with E-state index < -0.39 is 0 Å². The van der Waals surface area contributed by atoms with Crippen LogP contribution >= 0.6 is 27.5 Å². The minimum absolute atomic E-state index is 0.703. The second-order valence-corrected chi connectivity index (χ2v) is 5.26. The Labute approximate surface area is 98.0 Å². The molecule has 0 heterocycles. The van der Waals surface area contributed by atoms with E-state index in [1.807, 2.05) is 12.1 Å². The van der Waals surface area contributed by atoms with Crippen LogP contribution in [0.5, 0.6) is 0 Å². The first kappa shape index (κ1) is 10.5. The Morgan fingerprint density at radius 2 is 2.29 bits per heavy atom. The first-order valence-corrected chi connectivity index (χ1v) is 6.01. The molecular weight excluding hydrogens is 261 g/mol. The van der Waals surface area contributed by atoms with Gasteiger partial charge in [-0.15, -0.1) is 0 Å². The van der Waals surface area contributed by atoms with Crippen LogP contribution in [0.15, 0.2) is 22.7 Å². The van der Waals surface area contributed by atoms with Crippen molar-refractivity contribution in [3.63, 3.8) is 0 Å². The molecule has 1 saturated carbocycles. The summed E-state index contributed by atoms with van der Waals surface area (Å²) < 4.78 is 1.03. The molecule has 14 heavy (non-hydrogen) atoms. The Hall–Kier alpha value is -0.0500. The normalized spacial score (nSPS) is 25.1. The highest BCUT2D eigenvalue weighted by Crippen LogP contribution is 2.30. The van der Waals surface area contributed by atoms with Crippen LogP contribution in [0.25, 0.3) is 0 Å². The summed E-state index contributed by atoms with van der Waals surface area (Å²) in [7, 11) is 0. The van der Waals surface area contributed by atoms with Crippen LogP contribution in [0.2, 0.25) is 5.02 Å². The first-order chi connectivity index (χ1) is 6.66. The topological polar surface area (TPSA) is 12.0 Å². The zero-order valence-corrected chi connectivity index (χ0v) is 10.4. The molecule has 1 N–H and O–H groups in total. The zero-order chi connectivity index (χ0) is 10.1. The molecule has 0 amide bonds. The quantitative estimate of drug-likeness (QED) is 0.888. The van der Waals surface area contributed by atoms with Crippen molar-refractivity contribution >= 4 is 27.5 Å². The van der Waals surface area contributed by atoms with E-state index in [1.54, 1.807) is 0 Å². The van der Waals surface area contributed by atoms with E-state index in [4.69, 9.17) is 11.6 Å². The van der Waals surface area contributed by atoms with E-state index in [2.05, 4.69) is 34.2 Å². The van der Waals surface area contributed by atoms with Crippen molar-refractivity contribution in [3.8, 4) is 0 Å². The molecule has 1 fully saturated rings. The predicted molar refractivity (Wildman–Crippen MR) is 63.6 cm³/mol. The largest absolute Gasteiger partial charge is 0.310 e. The molecule has 2 rings (SSSR count). The third-order valence-electron chi connectivity index (χ3n) is 2.68. The SMILES string of the molecule is CC1CC1NCc1ccc(Br)cc1Cl. The Bertz CT molecular complexity index is 340. The average Bonchev–Trinajstić information content (AvgIpc) is 2.80. The van der Waals surface area contributed by atoms with Gasteiger partial charge in [-0.05, 0) is 30.0 Å². The standard InChI is InChI=1S/C11H13BrClN/c1-7-4-11(7)14-6-8-2-3-9(12)5-10(8)13/h2-3,5,7,11,14H,4,6H2,1H3. The molecule has 1 aliphatic carbocycles. The lowest BCUT2D eigenvalue weighted by Gasteiger charge is -2.06. The first-order valence-electron chi connectivity index (χ1n) is 4.84. The molecule has 76 valence electrons. The van der Waals surface area contributed by atoms with Gasteiger partial charge in [0.1, 0.15) is 0 Å². The molecular formula is C11H13BrClN. The highest BCUT2D eigenvalue weighted by atomic mass is 79.9. The van der Waals surface area contributed by atoms with E-state index in [0.29, 0.717) is 6.04 Å². The van der Waals surface area contributed by atoms with Gasteiger partial charge >= 0.3 is 0 Å². The van der Waals surface area contributed by atoms with Gasteiger partial charge in [-0.25, -0.2) is 0 Å². The fourth-order valence-corrected chi connectivity index (χ4v) is 2.25. The van der Waals surface area contributed by atoms with Gasteiger partial charge in [-0.2, -0.15) is 0 Å². The van der Waals surface area contributed by atoms with Crippen molar-refractivity contribution < 1.29 is 0 Å². The molecule has 0 bridgehead atoms. The molecule has 0 aromatic heterocycles. The van der Waals surface area contributed by atoms with Gasteiger partial charge in [0.15, 0.2) is 0 Å². The third kappa shape index (κ3) is 2.50. The summed E-state index contributed by atoms with van der Waals surface area (Å²) in [5.74, 6) is 0.837. The van der Waals surface area contributed by atoms with E-state index in [9.17, 15) is 0 Å². The number of nitrogens with one attached hydrogen (secondary N) is 1. The van der Waals surface area contributed by atoms with Crippen LogP contribution in [-0.4, -0.2) is 6.04 Å². The molecule has 0 radical (unpaired) electrons. The van der Waals surface area contributed by atoms with Crippen molar-refractivity contribution in [2.45, 2.75) is 25.9 Å². The lowest BCUT2D eigenvalue weighted by Crippen LogP contribution is -2.17. The molecule has 0 saturated heterocycles. The highest BCUT2D eigenvalue weighted by Gasteiger charge is 2.31. The number of hydrogen-bond donors (Lipinski definition) is 1. The maximum Gasteiger partial charge on any atom is 0.0462 e. The van der Waals surface area contributed by atoms with Crippen molar-refractivity contribution in [3.05, 3.63) is 33.3 Å². The molecule has 1 aliphatic rings. The van der Waals surface area contributed by atoms with Gasteiger partial charge in [-0.3, -0.25) is 0 Å². The number of halogens is 2. The number of rotatable bonds is 3. The Morgan fingerprint density at radius 3 is 2.86 bits per heavy atom. The fourth-order valence-electron chi connectivity index (χ4n) is 1.51. The summed E-state index contributed by atoms with van der Waals surface area (Å²) in [5, 5.41) is 4.32. The van der Waals surface area contributed by atoms with Gasteiger partial charge in [0.2, 0.25) is 0 Å². The predicted octanol–water partition coefficient (Wildman–Crippen LogP) is 3.60. The fraction of sp³-hybridized carbons (Fsp3) is 0.455. The van der Waals surface area contributed by atoms with Crippen LogP contribution in [0.3, 0.4) is 0 Å². The summed E-state index contributed by atoms with van der Waals surface area (Å²) >= 11 is 9.49. The summed E-state index contributed by atoms with van der Waals surface area (Å²) in [6, 6.07) is 6.73. The van der Waals surface area contributed by atoms with Crippen LogP contribution in [0, 0.1) is 5.92 Å². The van der Waals surface area contributed by atoms with Gasteiger partial charge in [0, 0.05) is 22.1 Å². The van der Waals surface area contributed by atoms with Crippen LogP contribution in [0.1, 0.15) is 18.9 Å². The average molecular weight is 275 g/mol.